The zero-order valence-electron chi connectivity index (χ0n) is 19.1. The molecule has 198 valence electrons. The predicted octanol–water partition coefficient (Wildman–Crippen LogP) is 1.87. The van der Waals surface area contributed by atoms with E-state index in [1.54, 1.807) is 36.4 Å². The lowest BCUT2D eigenvalue weighted by atomic mass is 10.0. The van der Waals surface area contributed by atoms with Crippen LogP contribution in [0.3, 0.4) is 0 Å². The van der Waals surface area contributed by atoms with Gasteiger partial charge in [0.1, 0.15) is 6.04 Å². The molecule has 0 bridgehead atoms. The van der Waals surface area contributed by atoms with Crippen molar-refractivity contribution in [2.45, 2.75) is 19.0 Å². The van der Waals surface area contributed by atoms with Gasteiger partial charge in [0.25, 0.3) is 5.91 Å². The molecule has 2 aromatic carbocycles. The van der Waals surface area contributed by atoms with Crippen LogP contribution in [-0.2, 0) is 16.1 Å². The van der Waals surface area contributed by atoms with Crippen LogP contribution in [0.2, 0.25) is 15.1 Å². The fraction of sp³-hybridized carbons (Fsp3) is 0.136. The summed E-state index contributed by atoms with van der Waals surface area (Å²) in [5.41, 5.74) is 12.0. The number of aliphatic carboxylic acids is 1. The quantitative estimate of drug-likeness (QED) is 0.268. The van der Waals surface area contributed by atoms with Crippen LogP contribution in [0, 0.1) is 0 Å². The number of carbonyl (C=O) groups excluding carboxylic acids is 4. The Labute approximate surface area is 229 Å². The molecule has 13 nitrogen and oxygen atoms in total. The van der Waals surface area contributed by atoms with Crippen molar-refractivity contribution in [3.05, 3.63) is 73.9 Å². The molecule has 1 fully saturated rings. The topological polar surface area (TPSA) is 212 Å². The van der Waals surface area contributed by atoms with Gasteiger partial charge in [-0.3, -0.25) is 19.7 Å². The van der Waals surface area contributed by atoms with Gasteiger partial charge in [-0.05, 0) is 42.0 Å². The van der Waals surface area contributed by atoms with Gasteiger partial charge in [-0.2, -0.15) is 0 Å². The number of amides is 4. The number of carbonyl (C=O) groups is 5. The Hall–Kier alpha value is -4.20. The van der Waals surface area contributed by atoms with E-state index in [1.165, 1.54) is 4.68 Å². The smallest absolute Gasteiger partial charge is 0.326 e. The number of ketones is 1. The summed E-state index contributed by atoms with van der Waals surface area (Å²) >= 11 is 18.4. The lowest BCUT2D eigenvalue weighted by Gasteiger charge is -2.18. The van der Waals surface area contributed by atoms with Crippen LogP contribution in [0.5, 0.6) is 0 Å². The molecular formula is C22H18Cl3N7O6. The molecule has 38 heavy (non-hydrogen) atoms. The average molecular weight is 583 g/mol. The van der Waals surface area contributed by atoms with E-state index in [1.807, 2.05) is 5.32 Å². The number of nitrogens with one attached hydrogen (secondary N) is 2. The first-order chi connectivity index (χ1) is 17.9. The van der Waals surface area contributed by atoms with E-state index in [2.05, 4.69) is 15.6 Å². The third-order valence-electron chi connectivity index (χ3n) is 5.02. The number of urea groups is 1. The molecule has 1 aliphatic rings. The van der Waals surface area contributed by atoms with E-state index >= 15 is 0 Å². The first kappa shape index (κ1) is 28.4. The zero-order chi connectivity index (χ0) is 28.1. The van der Waals surface area contributed by atoms with Crippen molar-refractivity contribution in [3.8, 4) is 0 Å². The normalized spacial score (nSPS) is 14.6. The summed E-state index contributed by atoms with van der Waals surface area (Å²) in [5, 5.41) is 20.6. The number of hydrogen-bond acceptors (Lipinski definition) is 8. The van der Waals surface area contributed by atoms with Crippen LogP contribution < -0.4 is 22.1 Å². The molecule has 1 aliphatic heterocycles. The van der Waals surface area contributed by atoms with Gasteiger partial charge in [-0.15, -0.1) is 5.10 Å². The highest BCUT2D eigenvalue weighted by molar-refractivity contribution is 6.41. The summed E-state index contributed by atoms with van der Waals surface area (Å²) in [4.78, 5) is 55.2. The number of carboxylic acid groups (broad SMARTS) is 1. The van der Waals surface area contributed by atoms with Crippen LogP contribution in [0.1, 0.15) is 38.4 Å². The van der Waals surface area contributed by atoms with Crippen LogP contribution in [0.15, 0.2) is 36.4 Å². The molecule has 1 saturated heterocycles. The molecule has 1 unspecified atom stereocenters. The largest absolute Gasteiger partial charge is 0.480 e. The number of nitrogens with two attached hydrogens (primary N) is 2. The average Bonchev–Trinajstić information content (AvgIpc) is 3.19. The molecule has 0 saturated carbocycles. The van der Waals surface area contributed by atoms with Gasteiger partial charge in [0.15, 0.2) is 17.3 Å². The second kappa shape index (κ2) is 11.9. The molecule has 16 heteroatoms. The second-order valence-corrected chi connectivity index (χ2v) is 8.98. The van der Waals surface area contributed by atoms with Crippen molar-refractivity contribution in [1.82, 2.24) is 25.6 Å². The lowest BCUT2D eigenvalue weighted by Crippen LogP contribution is -2.55. The Morgan fingerprint density at radius 2 is 1.68 bits per heavy atom. The SMILES string of the molecule is NC(=O)c1nnn(Cc2cc(Cl)c(C(=O)c3ccc(Cl)cc3)c(Cl)c2)c1N.O=C1CC(C(=O)O)NC(=O)N1. The molecule has 4 amide bonds. The first-order valence-electron chi connectivity index (χ1n) is 10.5. The zero-order valence-corrected chi connectivity index (χ0v) is 21.3. The highest BCUT2D eigenvalue weighted by atomic mass is 35.5. The molecule has 1 atom stereocenters. The highest BCUT2D eigenvalue weighted by Gasteiger charge is 2.28. The molecule has 0 spiro atoms. The summed E-state index contributed by atoms with van der Waals surface area (Å²) in [5.74, 6) is -2.85. The number of anilines is 1. The van der Waals surface area contributed by atoms with Gasteiger partial charge in [-0.1, -0.05) is 40.0 Å². The van der Waals surface area contributed by atoms with Crippen molar-refractivity contribution < 1.29 is 29.1 Å². The number of carboxylic acids is 1. The maximum Gasteiger partial charge on any atom is 0.326 e. The number of nitrogen functional groups attached to an aromatic ring is 1. The number of nitrogens with zero attached hydrogens (tertiary/aromatic N) is 3. The molecule has 3 aromatic rings. The van der Waals surface area contributed by atoms with Gasteiger partial charge in [0.05, 0.1) is 28.6 Å². The molecule has 0 radical (unpaired) electrons. The Morgan fingerprint density at radius 3 is 2.18 bits per heavy atom. The van der Waals surface area contributed by atoms with Gasteiger partial charge >= 0.3 is 12.0 Å². The molecule has 4 rings (SSSR count). The van der Waals surface area contributed by atoms with Crippen molar-refractivity contribution in [3.63, 3.8) is 0 Å². The van der Waals surface area contributed by atoms with Crippen LogP contribution in [0.4, 0.5) is 10.6 Å². The van der Waals surface area contributed by atoms with Crippen LogP contribution >= 0.6 is 34.8 Å². The van der Waals surface area contributed by atoms with E-state index in [-0.39, 0.29) is 45.9 Å². The second-order valence-electron chi connectivity index (χ2n) is 7.73. The molecular weight excluding hydrogens is 565 g/mol. The summed E-state index contributed by atoms with van der Waals surface area (Å²) in [6.07, 6.45) is -0.207. The van der Waals surface area contributed by atoms with Gasteiger partial charge < -0.3 is 21.9 Å². The number of aromatic nitrogens is 3. The third-order valence-corrected chi connectivity index (χ3v) is 5.87. The first-order valence-corrected chi connectivity index (χ1v) is 11.6. The van der Waals surface area contributed by atoms with Crippen LogP contribution in [-0.4, -0.2) is 55.7 Å². The molecule has 2 heterocycles. The minimum Gasteiger partial charge on any atom is -0.480 e. The summed E-state index contributed by atoms with van der Waals surface area (Å²) in [7, 11) is 0. The van der Waals surface area contributed by atoms with Crippen molar-refractivity contribution in [1.29, 1.82) is 0 Å². The van der Waals surface area contributed by atoms with Crippen LogP contribution in [0.25, 0.3) is 0 Å². The summed E-state index contributed by atoms with van der Waals surface area (Å²) < 4.78 is 1.28. The number of primary amides is 1. The van der Waals surface area contributed by atoms with Crippen molar-refractivity contribution >= 4 is 70.2 Å². The number of halogens is 3. The molecule has 7 N–H and O–H groups in total. The summed E-state index contributed by atoms with van der Waals surface area (Å²) in [6, 6.07) is 7.69. The minimum absolute atomic E-state index is 0.0241. The number of rotatable bonds is 6. The highest BCUT2D eigenvalue weighted by Crippen LogP contribution is 2.30. The lowest BCUT2D eigenvalue weighted by molar-refractivity contribution is -0.141. The van der Waals surface area contributed by atoms with Gasteiger partial charge in [0, 0.05) is 10.6 Å². The number of benzene rings is 2. The third kappa shape index (κ3) is 6.76. The predicted molar refractivity (Wildman–Crippen MR) is 136 cm³/mol. The fourth-order valence-corrected chi connectivity index (χ4v) is 4.05. The fourth-order valence-electron chi connectivity index (χ4n) is 3.22. The van der Waals surface area contributed by atoms with Crippen molar-refractivity contribution in [2.75, 3.05) is 5.73 Å². The monoisotopic (exact) mass is 581 g/mol. The van der Waals surface area contributed by atoms with Gasteiger partial charge in [0.2, 0.25) is 5.91 Å². The maximum atomic E-state index is 12.7. The maximum absolute atomic E-state index is 12.7. The van der Waals surface area contributed by atoms with Gasteiger partial charge in [-0.25, -0.2) is 14.3 Å². The molecule has 1 aromatic heterocycles. The number of hydrogen-bond donors (Lipinski definition) is 5. The Kier molecular flexibility index (Phi) is 8.88. The Balaban J connectivity index is 0.000000304. The molecule has 0 aliphatic carbocycles. The van der Waals surface area contributed by atoms with E-state index in [0.717, 1.165) is 0 Å². The number of imide groups is 1. The minimum atomic E-state index is -1.20. The Bertz CT molecular complexity index is 1400. The van der Waals surface area contributed by atoms with E-state index < -0.39 is 29.9 Å². The van der Waals surface area contributed by atoms with E-state index in [4.69, 9.17) is 51.4 Å². The summed E-state index contributed by atoms with van der Waals surface area (Å²) in [6.45, 7) is 0.140. The standard InChI is InChI=1S/C17H12Cl3N5O2.C5H6N2O4/c18-10-3-1-9(2-4-10)15(26)13-11(19)5-8(6-12(13)20)7-25-16(21)14(17(22)27)23-24-25;8-3-1-2(4(9)10)6-5(11)7-3/h1-6H,7,21H2,(H2,22,27);2H,1H2,(H,9,10)(H2,6,7,8,11). The van der Waals surface area contributed by atoms with E-state index in [0.29, 0.717) is 16.1 Å². The van der Waals surface area contributed by atoms with E-state index in [9.17, 15) is 24.0 Å². The van der Waals surface area contributed by atoms with Crippen molar-refractivity contribution in [2.24, 2.45) is 5.73 Å². The Morgan fingerprint density at radius 1 is 1.08 bits per heavy atom.